The molecule has 0 spiro atoms. The van der Waals surface area contributed by atoms with Crippen molar-refractivity contribution in [3.05, 3.63) is 48.0 Å². The van der Waals surface area contributed by atoms with Crippen molar-refractivity contribution in [1.29, 1.82) is 0 Å². The Bertz CT molecular complexity index is 924. The molecule has 7 nitrogen and oxygen atoms in total. The Hall–Kier alpha value is -2.74. The van der Waals surface area contributed by atoms with E-state index in [0.717, 1.165) is 16.1 Å². The molecule has 2 aromatic carbocycles. The first-order chi connectivity index (χ1) is 13.2. The maximum absolute atomic E-state index is 12.5. The summed E-state index contributed by atoms with van der Waals surface area (Å²) in [5.41, 5.74) is 1.95. The van der Waals surface area contributed by atoms with Gasteiger partial charge in [-0.05, 0) is 35.7 Å². The van der Waals surface area contributed by atoms with E-state index in [1.165, 1.54) is 14.2 Å². The van der Waals surface area contributed by atoms with Gasteiger partial charge in [-0.2, -0.15) is 0 Å². The molecular formula is C20H26N2O5S. The van der Waals surface area contributed by atoms with E-state index in [-0.39, 0.29) is 6.54 Å². The average molecular weight is 407 g/mol. The van der Waals surface area contributed by atoms with Crippen LogP contribution in [0.2, 0.25) is 0 Å². The van der Waals surface area contributed by atoms with Crippen LogP contribution >= 0.6 is 0 Å². The molecule has 0 radical (unpaired) electrons. The first kappa shape index (κ1) is 21.6. The van der Waals surface area contributed by atoms with Gasteiger partial charge in [0.25, 0.3) is 0 Å². The highest BCUT2D eigenvalue weighted by atomic mass is 32.2. The number of amides is 1. The lowest BCUT2D eigenvalue weighted by Crippen LogP contribution is -2.37. The number of nitrogens with one attached hydrogen (secondary N) is 1. The molecule has 0 saturated carbocycles. The Balaban J connectivity index is 2.22. The monoisotopic (exact) mass is 406 g/mol. The number of carbonyl (C=O) groups excluding carboxylic acids is 1. The van der Waals surface area contributed by atoms with Crippen molar-refractivity contribution < 1.29 is 22.7 Å². The van der Waals surface area contributed by atoms with Crippen molar-refractivity contribution in [2.75, 3.05) is 36.6 Å². The molecule has 0 aromatic heterocycles. The first-order valence-corrected chi connectivity index (χ1v) is 10.6. The van der Waals surface area contributed by atoms with Crippen molar-refractivity contribution in [2.45, 2.75) is 19.8 Å². The molecule has 8 heteroatoms. The molecule has 0 aliphatic carbocycles. The Morgan fingerprint density at radius 2 is 1.71 bits per heavy atom. The van der Waals surface area contributed by atoms with Gasteiger partial charge >= 0.3 is 0 Å². The molecule has 0 heterocycles. The molecule has 2 rings (SSSR count). The molecule has 1 N–H and O–H groups in total. The number of rotatable bonds is 8. The minimum atomic E-state index is -3.64. The van der Waals surface area contributed by atoms with Crippen LogP contribution < -0.4 is 19.1 Å². The van der Waals surface area contributed by atoms with Crippen LogP contribution in [0.3, 0.4) is 0 Å². The molecule has 2 aromatic rings. The maximum Gasteiger partial charge on any atom is 0.245 e. The molecule has 0 fully saturated rings. The van der Waals surface area contributed by atoms with Crippen LogP contribution in [0.15, 0.2) is 42.5 Å². The van der Waals surface area contributed by atoms with E-state index in [9.17, 15) is 13.2 Å². The second-order valence-corrected chi connectivity index (χ2v) is 8.54. The largest absolute Gasteiger partial charge is 0.497 e. The molecular weight excluding hydrogens is 380 g/mol. The van der Waals surface area contributed by atoms with E-state index >= 15 is 0 Å². The highest BCUT2D eigenvalue weighted by Gasteiger charge is 2.21. The Morgan fingerprint density at radius 3 is 2.21 bits per heavy atom. The lowest BCUT2D eigenvalue weighted by atomic mass is 10.0. The van der Waals surface area contributed by atoms with Crippen LogP contribution in [-0.2, 0) is 14.8 Å². The van der Waals surface area contributed by atoms with Gasteiger partial charge in [-0.25, -0.2) is 8.42 Å². The molecule has 0 aliphatic rings. The number of hydrogen-bond acceptors (Lipinski definition) is 5. The minimum absolute atomic E-state index is 0.326. The number of nitrogens with zero attached hydrogens (tertiary/aromatic N) is 1. The van der Waals surface area contributed by atoms with Gasteiger partial charge in [0.2, 0.25) is 15.9 Å². The smallest absolute Gasteiger partial charge is 0.245 e. The lowest BCUT2D eigenvalue weighted by Gasteiger charge is -2.22. The summed E-state index contributed by atoms with van der Waals surface area (Å²) in [6, 6.07) is 12.1. The predicted octanol–water partition coefficient (Wildman–Crippen LogP) is 3.23. The quantitative estimate of drug-likeness (QED) is 0.727. The van der Waals surface area contributed by atoms with Gasteiger partial charge in [-0.1, -0.05) is 26.0 Å². The van der Waals surface area contributed by atoms with Crippen molar-refractivity contribution in [3.63, 3.8) is 0 Å². The van der Waals surface area contributed by atoms with Gasteiger partial charge in [0.15, 0.2) is 0 Å². The van der Waals surface area contributed by atoms with Crippen LogP contribution in [0.4, 0.5) is 11.4 Å². The molecule has 0 bridgehead atoms. The van der Waals surface area contributed by atoms with Gasteiger partial charge in [-0.3, -0.25) is 9.10 Å². The molecule has 0 unspecified atom stereocenters. The van der Waals surface area contributed by atoms with Crippen LogP contribution in [0.25, 0.3) is 0 Å². The van der Waals surface area contributed by atoms with E-state index in [0.29, 0.717) is 28.8 Å². The van der Waals surface area contributed by atoms with Gasteiger partial charge in [0.05, 0.1) is 31.9 Å². The molecule has 152 valence electrons. The Morgan fingerprint density at radius 1 is 1.07 bits per heavy atom. The van der Waals surface area contributed by atoms with E-state index in [1.807, 2.05) is 12.1 Å². The molecule has 0 atom stereocenters. The summed E-state index contributed by atoms with van der Waals surface area (Å²) in [5, 5.41) is 2.69. The fraction of sp³-hybridized carbons (Fsp3) is 0.350. The zero-order valence-corrected chi connectivity index (χ0v) is 17.5. The third-order valence-electron chi connectivity index (χ3n) is 4.22. The van der Waals surface area contributed by atoms with Gasteiger partial charge in [-0.15, -0.1) is 0 Å². The van der Waals surface area contributed by atoms with E-state index in [1.54, 1.807) is 30.3 Å². The third kappa shape index (κ3) is 5.39. The predicted molar refractivity (Wildman–Crippen MR) is 111 cm³/mol. The SMILES string of the molecule is COc1ccc(NC(=O)CN(c2ccc(C(C)C)cc2)S(C)(=O)=O)c(OC)c1. The van der Waals surface area contributed by atoms with Crippen LogP contribution in [0.5, 0.6) is 11.5 Å². The van der Waals surface area contributed by atoms with Crippen LogP contribution in [0, 0.1) is 0 Å². The number of anilines is 2. The average Bonchev–Trinajstić information content (AvgIpc) is 2.65. The standard InChI is InChI=1S/C20H26N2O5S/c1-14(2)15-6-8-16(9-7-15)22(28(5,24)25)13-20(23)21-18-11-10-17(26-3)12-19(18)27-4/h6-12,14H,13H2,1-5H3,(H,21,23). The second-order valence-electron chi connectivity index (χ2n) is 6.63. The summed E-state index contributed by atoms with van der Waals surface area (Å²) in [4.78, 5) is 12.5. The third-order valence-corrected chi connectivity index (χ3v) is 5.36. The fourth-order valence-electron chi connectivity index (χ4n) is 2.65. The number of sulfonamides is 1. The summed E-state index contributed by atoms with van der Waals surface area (Å²) >= 11 is 0. The van der Waals surface area contributed by atoms with Gasteiger partial charge in [0, 0.05) is 6.07 Å². The highest BCUT2D eigenvalue weighted by Crippen LogP contribution is 2.29. The van der Waals surface area contributed by atoms with Crippen molar-refractivity contribution in [2.24, 2.45) is 0 Å². The molecule has 28 heavy (non-hydrogen) atoms. The molecule has 0 aliphatic heterocycles. The van der Waals surface area contributed by atoms with Crippen molar-refractivity contribution in [1.82, 2.24) is 0 Å². The minimum Gasteiger partial charge on any atom is -0.497 e. The summed E-state index contributed by atoms with van der Waals surface area (Å²) in [5.74, 6) is 0.839. The van der Waals surface area contributed by atoms with E-state index in [4.69, 9.17) is 9.47 Å². The van der Waals surface area contributed by atoms with Crippen molar-refractivity contribution >= 4 is 27.3 Å². The van der Waals surface area contributed by atoms with Gasteiger partial charge < -0.3 is 14.8 Å². The van der Waals surface area contributed by atoms with Crippen LogP contribution in [-0.4, -0.2) is 41.3 Å². The summed E-state index contributed by atoms with van der Waals surface area (Å²) in [6.45, 7) is 3.76. The number of methoxy groups -OCH3 is 2. The molecule has 1 amide bonds. The lowest BCUT2D eigenvalue weighted by molar-refractivity contribution is -0.114. The maximum atomic E-state index is 12.5. The topological polar surface area (TPSA) is 84.9 Å². The van der Waals surface area contributed by atoms with Crippen LogP contribution in [0.1, 0.15) is 25.3 Å². The number of ether oxygens (including phenoxy) is 2. The Kier molecular flexibility index (Phi) is 6.90. The van der Waals surface area contributed by atoms with E-state index in [2.05, 4.69) is 19.2 Å². The highest BCUT2D eigenvalue weighted by molar-refractivity contribution is 7.92. The van der Waals surface area contributed by atoms with E-state index < -0.39 is 15.9 Å². The zero-order chi connectivity index (χ0) is 20.9. The molecule has 0 saturated heterocycles. The number of carbonyl (C=O) groups is 1. The zero-order valence-electron chi connectivity index (χ0n) is 16.7. The summed E-state index contributed by atoms with van der Waals surface area (Å²) in [7, 11) is -0.638. The summed E-state index contributed by atoms with van der Waals surface area (Å²) < 4.78 is 36.0. The fourth-order valence-corrected chi connectivity index (χ4v) is 3.50. The number of benzene rings is 2. The first-order valence-electron chi connectivity index (χ1n) is 8.75. The van der Waals surface area contributed by atoms with Crippen molar-refractivity contribution in [3.8, 4) is 11.5 Å². The Labute approximate surface area is 166 Å². The number of hydrogen-bond donors (Lipinski definition) is 1. The van der Waals surface area contributed by atoms with Gasteiger partial charge in [0.1, 0.15) is 18.0 Å². The second kappa shape index (κ2) is 8.97. The summed E-state index contributed by atoms with van der Waals surface area (Å²) in [6.07, 6.45) is 1.07. The normalized spacial score (nSPS) is 11.2.